The number of aromatic nitrogens is 4. The van der Waals surface area contributed by atoms with Crippen molar-refractivity contribution in [2.75, 3.05) is 5.43 Å². The fourth-order valence-corrected chi connectivity index (χ4v) is 1.21. The zero-order chi connectivity index (χ0) is 13.0. The SMILES string of the molecule is C/C(=N/Nc1nnc(C)c(=O)[nH]1)c1ccccn1. The van der Waals surface area contributed by atoms with Gasteiger partial charge in [-0.05, 0) is 26.0 Å². The molecule has 0 aliphatic heterocycles. The number of rotatable bonds is 3. The highest BCUT2D eigenvalue weighted by Gasteiger charge is 2.00. The van der Waals surface area contributed by atoms with Crippen LogP contribution in [0.2, 0.25) is 0 Å². The molecule has 0 unspecified atom stereocenters. The van der Waals surface area contributed by atoms with Crippen LogP contribution in [0.15, 0.2) is 34.3 Å². The van der Waals surface area contributed by atoms with Crippen molar-refractivity contribution in [3.8, 4) is 0 Å². The predicted molar refractivity (Wildman–Crippen MR) is 67.5 cm³/mol. The van der Waals surface area contributed by atoms with Crippen LogP contribution in [0, 0.1) is 6.92 Å². The van der Waals surface area contributed by atoms with E-state index in [1.54, 1.807) is 20.0 Å². The van der Waals surface area contributed by atoms with Gasteiger partial charge in [0.25, 0.3) is 5.56 Å². The highest BCUT2D eigenvalue weighted by Crippen LogP contribution is 1.98. The van der Waals surface area contributed by atoms with Crippen molar-refractivity contribution in [1.29, 1.82) is 0 Å². The number of hydrogen-bond acceptors (Lipinski definition) is 6. The average Bonchev–Trinajstić information content (AvgIpc) is 2.41. The van der Waals surface area contributed by atoms with E-state index >= 15 is 0 Å². The smallest absolute Gasteiger partial charge is 0.274 e. The summed E-state index contributed by atoms with van der Waals surface area (Å²) in [5.74, 6) is 0.195. The summed E-state index contributed by atoms with van der Waals surface area (Å²) in [6.45, 7) is 3.38. The standard InChI is InChI=1S/C11H12N6O/c1-7(9-5-3-4-6-12-9)14-16-11-13-10(18)8(2)15-17-11/h3-6H,1-2H3,(H2,13,16,17,18)/b14-7-. The van der Waals surface area contributed by atoms with E-state index in [2.05, 4.69) is 30.7 Å². The summed E-state index contributed by atoms with van der Waals surface area (Å²) < 4.78 is 0. The predicted octanol–water partition coefficient (Wildman–Crippen LogP) is 0.704. The number of aryl methyl sites for hydroxylation is 1. The van der Waals surface area contributed by atoms with Gasteiger partial charge in [-0.25, -0.2) is 5.43 Å². The summed E-state index contributed by atoms with van der Waals surface area (Å²) >= 11 is 0. The summed E-state index contributed by atoms with van der Waals surface area (Å²) in [6, 6.07) is 5.53. The molecule has 18 heavy (non-hydrogen) atoms. The first kappa shape index (κ1) is 11.9. The number of pyridine rings is 1. The first-order chi connectivity index (χ1) is 8.66. The molecule has 2 aromatic rings. The Kier molecular flexibility index (Phi) is 3.42. The lowest BCUT2D eigenvalue weighted by Gasteiger charge is -2.01. The lowest BCUT2D eigenvalue weighted by atomic mass is 10.3. The molecule has 0 saturated heterocycles. The molecule has 0 aliphatic rings. The van der Waals surface area contributed by atoms with Crippen molar-refractivity contribution in [1.82, 2.24) is 20.2 Å². The Morgan fingerprint density at radius 1 is 1.39 bits per heavy atom. The van der Waals surface area contributed by atoms with Gasteiger partial charge in [-0.1, -0.05) is 6.07 Å². The number of anilines is 1. The van der Waals surface area contributed by atoms with Gasteiger partial charge in [0, 0.05) is 6.20 Å². The van der Waals surface area contributed by atoms with Gasteiger partial charge in [-0.3, -0.25) is 14.8 Å². The van der Waals surface area contributed by atoms with E-state index in [4.69, 9.17) is 0 Å². The first-order valence-electron chi connectivity index (χ1n) is 5.32. The normalized spacial score (nSPS) is 11.3. The molecule has 0 bridgehead atoms. The minimum Gasteiger partial charge on any atom is -0.288 e. The highest BCUT2D eigenvalue weighted by atomic mass is 16.1. The molecular formula is C11H12N6O. The van der Waals surface area contributed by atoms with Crippen molar-refractivity contribution >= 4 is 11.7 Å². The molecule has 0 saturated carbocycles. The second-order valence-electron chi connectivity index (χ2n) is 3.61. The van der Waals surface area contributed by atoms with E-state index in [0.717, 1.165) is 5.69 Å². The summed E-state index contributed by atoms with van der Waals surface area (Å²) in [5, 5.41) is 11.5. The van der Waals surface area contributed by atoms with Crippen molar-refractivity contribution < 1.29 is 0 Å². The lowest BCUT2D eigenvalue weighted by molar-refractivity contribution is 0.897. The second-order valence-corrected chi connectivity index (χ2v) is 3.61. The van der Waals surface area contributed by atoms with Gasteiger partial charge in [-0.15, -0.1) is 10.2 Å². The summed E-state index contributed by atoms with van der Waals surface area (Å²) in [4.78, 5) is 18.0. The quantitative estimate of drug-likeness (QED) is 0.612. The number of hydrazone groups is 1. The summed E-state index contributed by atoms with van der Waals surface area (Å²) in [7, 11) is 0. The Balaban J connectivity index is 2.15. The second kappa shape index (κ2) is 5.17. The van der Waals surface area contributed by atoms with E-state index in [9.17, 15) is 4.79 Å². The third kappa shape index (κ3) is 2.76. The molecule has 0 aromatic carbocycles. The van der Waals surface area contributed by atoms with E-state index in [-0.39, 0.29) is 11.5 Å². The Morgan fingerprint density at radius 2 is 2.22 bits per heavy atom. The topological polar surface area (TPSA) is 95.9 Å². The van der Waals surface area contributed by atoms with Crippen molar-refractivity contribution in [2.45, 2.75) is 13.8 Å². The molecule has 2 rings (SSSR count). The van der Waals surface area contributed by atoms with Gasteiger partial charge in [0.15, 0.2) is 0 Å². The van der Waals surface area contributed by atoms with E-state index in [1.807, 2.05) is 18.2 Å². The fraction of sp³-hybridized carbons (Fsp3) is 0.182. The Hall–Kier alpha value is -2.57. The molecule has 92 valence electrons. The third-order valence-corrected chi connectivity index (χ3v) is 2.23. The molecule has 2 heterocycles. The zero-order valence-electron chi connectivity index (χ0n) is 10.0. The lowest BCUT2D eigenvalue weighted by Crippen LogP contribution is -2.16. The number of nitrogens with zero attached hydrogens (tertiary/aromatic N) is 4. The van der Waals surface area contributed by atoms with Gasteiger partial charge in [-0.2, -0.15) is 5.10 Å². The van der Waals surface area contributed by atoms with Crippen LogP contribution >= 0.6 is 0 Å². The van der Waals surface area contributed by atoms with Gasteiger partial charge in [0.1, 0.15) is 5.69 Å². The van der Waals surface area contributed by atoms with Gasteiger partial charge < -0.3 is 0 Å². The van der Waals surface area contributed by atoms with Crippen LogP contribution in [-0.2, 0) is 0 Å². The average molecular weight is 244 g/mol. The van der Waals surface area contributed by atoms with Crippen molar-refractivity contribution in [3.63, 3.8) is 0 Å². The number of H-pyrrole nitrogens is 1. The molecule has 2 N–H and O–H groups in total. The Morgan fingerprint density at radius 3 is 2.89 bits per heavy atom. The highest BCUT2D eigenvalue weighted by molar-refractivity contribution is 5.97. The minimum absolute atomic E-state index is 0.195. The molecule has 0 amide bonds. The fourth-order valence-electron chi connectivity index (χ4n) is 1.21. The largest absolute Gasteiger partial charge is 0.288 e. The molecule has 0 radical (unpaired) electrons. The van der Waals surface area contributed by atoms with E-state index < -0.39 is 0 Å². The molecule has 0 fully saturated rings. The van der Waals surface area contributed by atoms with Crippen molar-refractivity contribution in [3.05, 3.63) is 46.1 Å². The number of nitrogens with one attached hydrogen (secondary N) is 2. The van der Waals surface area contributed by atoms with E-state index in [0.29, 0.717) is 11.4 Å². The van der Waals surface area contributed by atoms with Gasteiger partial charge in [0.2, 0.25) is 5.95 Å². The van der Waals surface area contributed by atoms with Gasteiger partial charge in [0.05, 0.1) is 11.4 Å². The van der Waals surface area contributed by atoms with Gasteiger partial charge >= 0.3 is 0 Å². The van der Waals surface area contributed by atoms with Crippen LogP contribution in [0.1, 0.15) is 18.3 Å². The zero-order valence-corrected chi connectivity index (χ0v) is 10.0. The van der Waals surface area contributed by atoms with Crippen LogP contribution in [-0.4, -0.2) is 25.9 Å². The van der Waals surface area contributed by atoms with Crippen LogP contribution in [0.4, 0.5) is 5.95 Å². The molecule has 7 nitrogen and oxygen atoms in total. The third-order valence-electron chi connectivity index (χ3n) is 2.23. The summed E-state index contributed by atoms with van der Waals surface area (Å²) in [5.41, 5.74) is 4.07. The Labute approximate surface area is 103 Å². The number of aromatic amines is 1. The Bertz CT molecular complexity index is 619. The molecule has 7 heteroatoms. The number of hydrogen-bond donors (Lipinski definition) is 2. The molecule has 0 aliphatic carbocycles. The summed E-state index contributed by atoms with van der Waals surface area (Å²) in [6.07, 6.45) is 1.68. The van der Waals surface area contributed by atoms with Crippen molar-refractivity contribution in [2.24, 2.45) is 5.10 Å². The molecule has 0 atom stereocenters. The maximum atomic E-state index is 11.3. The minimum atomic E-state index is -0.293. The monoisotopic (exact) mass is 244 g/mol. The van der Waals surface area contributed by atoms with Crippen LogP contribution < -0.4 is 11.0 Å². The maximum absolute atomic E-state index is 11.3. The molecule has 2 aromatic heterocycles. The van der Waals surface area contributed by atoms with E-state index in [1.165, 1.54) is 0 Å². The van der Waals surface area contributed by atoms with Crippen LogP contribution in [0.25, 0.3) is 0 Å². The molecular weight excluding hydrogens is 232 g/mol. The maximum Gasteiger partial charge on any atom is 0.274 e. The molecule has 0 spiro atoms. The van der Waals surface area contributed by atoms with Crippen LogP contribution in [0.5, 0.6) is 0 Å². The van der Waals surface area contributed by atoms with Crippen LogP contribution in [0.3, 0.4) is 0 Å². The first-order valence-corrected chi connectivity index (χ1v) is 5.32.